The summed E-state index contributed by atoms with van der Waals surface area (Å²) >= 11 is 3.64. The Morgan fingerprint density at radius 1 is 0.930 bits per heavy atom. The summed E-state index contributed by atoms with van der Waals surface area (Å²) in [5.41, 5.74) is 4.85. The van der Waals surface area contributed by atoms with E-state index in [9.17, 15) is 19.5 Å². The lowest BCUT2D eigenvalue weighted by atomic mass is 9.63. The predicted molar refractivity (Wildman–Crippen MR) is 168 cm³/mol. The molecule has 0 atom stereocenters. The van der Waals surface area contributed by atoms with Crippen LogP contribution in [0.25, 0.3) is 0 Å². The Bertz CT molecular complexity index is 1460. The molecule has 43 heavy (non-hydrogen) atoms. The minimum atomic E-state index is -0.981. The van der Waals surface area contributed by atoms with E-state index >= 15 is 0 Å². The molecule has 0 saturated heterocycles. The molecule has 0 saturated carbocycles. The molecule has 2 aliphatic carbocycles. The smallest absolute Gasteiger partial charge is 0.335 e. The number of hydrogen-bond acceptors (Lipinski definition) is 6. The summed E-state index contributed by atoms with van der Waals surface area (Å²) in [5, 5.41) is 9.26. The number of carbonyl (C=O) groups excluding carboxylic acids is 2. The summed E-state index contributed by atoms with van der Waals surface area (Å²) in [7, 11) is 1.69. The summed E-state index contributed by atoms with van der Waals surface area (Å²) in [6, 6.07) is 12.3. The molecule has 2 aromatic carbocycles. The van der Waals surface area contributed by atoms with Crippen molar-refractivity contribution in [3.63, 3.8) is 0 Å². The molecule has 0 spiro atoms. The van der Waals surface area contributed by atoms with Crippen molar-refractivity contribution in [3.8, 4) is 5.75 Å². The fourth-order valence-electron chi connectivity index (χ4n) is 6.78. The van der Waals surface area contributed by atoms with Crippen LogP contribution in [0.2, 0.25) is 0 Å². The molecule has 1 heterocycles. The first-order valence-electron chi connectivity index (χ1n) is 14.8. The summed E-state index contributed by atoms with van der Waals surface area (Å²) in [6.45, 7) is 10.0. The zero-order valence-electron chi connectivity index (χ0n) is 25.6. The number of ether oxygens (including phenoxy) is 2. The zero-order valence-corrected chi connectivity index (χ0v) is 27.2. The van der Waals surface area contributed by atoms with Gasteiger partial charge in [-0.2, -0.15) is 0 Å². The SMILES string of the molecule is COCCCN1C2=C(C(=O)CC(C)(C)C2)C(c2cc(Br)ccc2OCc2ccc(C(=O)O)cc2)C2=C1CC(C)(C)CC2=O. The molecule has 0 aromatic heterocycles. The summed E-state index contributed by atoms with van der Waals surface area (Å²) in [6.07, 6.45) is 3.09. The van der Waals surface area contributed by atoms with Crippen LogP contribution >= 0.6 is 15.9 Å². The van der Waals surface area contributed by atoms with Crippen LogP contribution in [-0.2, 0) is 20.9 Å². The molecule has 0 unspecified atom stereocenters. The van der Waals surface area contributed by atoms with Crippen LogP contribution in [0.3, 0.4) is 0 Å². The fourth-order valence-corrected chi connectivity index (χ4v) is 7.16. The third-order valence-corrected chi connectivity index (χ3v) is 9.12. The standard InChI is InChI=1S/C35H40BrNO6/c1-34(2)16-25-31(27(38)18-34)30(32-26(37(25)13-6-14-42-5)17-35(3,4)19-28(32)39)24-15-23(36)11-12-29(24)43-20-21-7-9-22(10-8-21)33(40)41/h7-12,15,30H,6,13-14,16-20H2,1-5H3,(H,40,41). The number of aromatic carboxylic acids is 1. The fraction of sp³-hybridized carbons (Fsp3) is 0.457. The quantitative estimate of drug-likeness (QED) is 0.282. The second-order valence-electron chi connectivity index (χ2n) is 13.5. The van der Waals surface area contributed by atoms with Crippen LogP contribution in [0.4, 0.5) is 0 Å². The van der Waals surface area contributed by atoms with Crippen molar-refractivity contribution in [1.82, 2.24) is 4.90 Å². The van der Waals surface area contributed by atoms with Gasteiger partial charge in [0.25, 0.3) is 0 Å². The monoisotopic (exact) mass is 649 g/mol. The highest BCUT2D eigenvalue weighted by atomic mass is 79.9. The van der Waals surface area contributed by atoms with Gasteiger partial charge in [0.15, 0.2) is 11.6 Å². The Balaban J connectivity index is 1.65. The number of ketones is 2. The molecule has 3 aliphatic rings. The van der Waals surface area contributed by atoms with Gasteiger partial charge in [-0.15, -0.1) is 0 Å². The van der Waals surface area contributed by atoms with E-state index in [1.54, 1.807) is 31.4 Å². The molecule has 0 radical (unpaired) electrons. The molecular formula is C35H40BrNO6. The molecule has 1 aliphatic heterocycles. The first-order valence-corrected chi connectivity index (χ1v) is 15.6. The van der Waals surface area contributed by atoms with E-state index in [0.29, 0.717) is 42.9 Å². The first kappa shape index (κ1) is 31.2. The van der Waals surface area contributed by atoms with Crippen molar-refractivity contribution >= 4 is 33.5 Å². The first-order chi connectivity index (χ1) is 20.3. The summed E-state index contributed by atoms with van der Waals surface area (Å²) < 4.78 is 12.6. The molecule has 228 valence electrons. The number of benzene rings is 2. The zero-order chi connectivity index (χ0) is 31.1. The van der Waals surface area contributed by atoms with E-state index in [0.717, 1.165) is 46.3 Å². The Hall–Kier alpha value is -3.23. The van der Waals surface area contributed by atoms with Crippen LogP contribution in [0, 0.1) is 10.8 Å². The van der Waals surface area contributed by atoms with Gasteiger partial charge >= 0.3 is 5.97 Å². The number of methoxy groups -OCH3 is 1. The molecule has 1 N–H and O–H groups in total. The van der Waals surface area contributed by atoms with Crippen molar-refractivity contribution < 1.29 is 29.0 Å². The molecule has 2 aromatic rings. The minimum absolute atomic E-state index is 0.0763. The summed E-state index contributed by atoms with van der Waals surface area (Å²) in [4.78, 5) is 41.8. The van der Waals surface area contributed by atoms with Crippen molar-refractivity contribution in [1.29, 1.82) is 0 Å². The molecule has 0 amide bonds. The Labute approximate surface area is 262 Å². The van der Waals surface area contributed by atoms with Gasteiger partial charge in [-0.05, 0) is 66.0 Å². The molecule has 0 fully saturated rings. The van der Waals surface area contributed by atoms with Crippen LogP contribution in [-0.4, -0.2) is 47.8 Å². The van der Waals surface area contributed by atoms with Gasteiger partial charge < -0.3 is 19.5 Å². The Kier molecular flexibility index (Phi) is 8.74. The van der Waals surface area contributed by atoms with Crippen molar-refractivity contribution in [2.45, 2.75) is 72.3 Å². The Morgan fingerprint density at radius 2 is 1.51 bits per heavy atom. The average Bonchev–Trinajstić information content (AvgIpc) is 2.91. The lowest BCUT2D eigenvalue weighted by molar-refractivity contribution is -0.119. The van der Waals surface area contributed by atoms with Crippen molar-refractivity contribution in [2.24, 2.45) is 10.8 Å². The average molecular weight is 651 g/mol. The second-order valence-corrected chi connectivity index (χ2v) is 14.4. The van der Waals surface area contributed by atoms with E-state index in [1.165, 1.54) is 0 Å². The maximum atomic E-state index is 14.1. The van der Waals surface area contributed by atoms with Crippen molar-refractivity contribution in [2.75, 3.05) is 20.3 Å². The summed E-state index contributed by atoms with van der Waals surface area (Å²) in [5.74, 6) is -0.764. The minimum Gasteiger partial charge on any atom is -0.489 e. The number of rotatable bonds is 9. The van der Waals surface area contributed by atoms with E-state index in [-0.39, 0.29) is 34.6 Å². The maximum absolute atomic E-state index is 14.1. The molecule has 8 heteroatoms. The molecule has 0 bridgehead atoms. The number of halogens is 1. The van der Waals surface area contributed by atoms with Gasteiger partial charge in [0.1, 0.15) is 12.4 Å². The van der Waals surface area contributed by atoms with Crippen LogP contribution in [0.15, 0.2) is 69.5 Å². The third kappa shape index (κ3) is 6.50. The molecule has 7 nitrogen and oxygen atoms in total. The van der Waals surface area contributed by atoms with Crippen LogP contribution < -0.4 is 4.74 Å². The number of carboxylic acids is 1. The van der Waals surface area contributed by atoms with Gasteiger partial charge in [0.05, 0.1) is 5.56 Å². The number of Topliss-reactive ketones (excluding diaryl/α,β-unsaturated/α-hetero) is 2. The van der Waals surface area contributed by atoms with E-state index < -0.39 is 11.9 Å². The van der Waals surface area contributed by atoms with Gasteiger partial charge in [0.2, 0.25) is 0 Å². The largest absolute Gasteiger partial charge is 0.489 e. The highest BCUT2D eigenvalue weighted by molar-refractivity contribution is 9.10. The van der Waals surface area contributed by atoms with Crippen molar-refractivity contribution in [3.05, 3.63) is 86.2 Å². The van der Waals surface area contributed by atoms with E-state index in [1.807, 2.05) is 18.2 Å². The lowest BCUT2D eigenvalue weighted by Gasteiger charge is -2.49. The van der Waals surface area contributed by atoms with Gasteiger partial charge in [-0.1, -0.05) is 55.8 Å². The van der Waals surface area contributed by atoms with Gasteiger partial charge in [-0.3, -0.25) is 9.59 Å². The topological polar surface area (TPSA) is 93.1 Å². The van der Waals surface area contributed by atoms with Gasteiger partial charge in [0, 0.05) is 71.6 Å². The third-order valence-electron chi connectivity index (χ3n) is 8.63. The molecule has 5 rings (SSSR count). The number of nitrogens with zero attached hydrogens (tertiary/aromatic N) is 1. The van der Waals surface area contributed by atoms with E-state index in [4.69, 9.17) is 9.47 Å². The lowest BCUT2D eigenvalue weighted by Crippen LogP contribution is -2.44. The highest BCUT2D eigenvalue weighted by Gasteiger charge is 2.49. The van der Waals surface area contributed by atoms with E-state index in [2.05, 4.69) is 48.5 Å². The number of carbonyl (C=O) groups is 3. The predicted octanol–water partition coefficient (Wildman–Crippen LogP) is 7.45. The molecular weight excluding hydrogens is 610 g/mol. The second kappa shape index (κ2) is 12.0. The number of hydrogen-bond donors (Lipinski definition) is 1. The normalized spacial score (nSPS) is 19.8. The van der Waals surface area contributed by atoms with Crippen LogP contribution in [0.1, 0.15) is 87.2 Å². The highest BCUT2D eigenvalue weighted by Crippen LogP contribution is 2.55. The van der Waals surface area contributed by atoms with Crippen LogP contribution in [0.5, 0.6) is 5.75 Å². The number of carboxylic acid groups (broad SMARTS) is 1. The number of allylic oxidation sites excluding steroid dienone is 4. The maximum Gasteiger partial charge on any atom is 0.335 e. The Morgan fingerprint density at radius 3 is 2.05 bits per heavy atom. The van der Waals surface area contributed by atoms with Gasteiger partial charge in [-0.25, -0.2) is 4.79 Å².